The molecule has 1 saturated carbocycles. The molecule has 4 heteroatoms. The van der Waals surface area contributed by atoms with Crippen molar-refractivity contribution in [3.63, 3.8) is 0 Å². The number of ether oxygens (including phenoxy) is 1. The van der Waals surface area contributed by atoms with E-state index in [1.807, 2.05) is 0 Å². The van der Waals surface area contributed by atoms with Gasteiger partial charge in [-0.05, 0) is 37.1 Å². The molecule has 2 rings (SSSR count). The second-order valence-corrected chi connectivity index (χ2v) is 4.12. The Labute approximate surface area is 101 Å². The van der Waals surface area contributed by atoms with E-state index in [0.717, 1.165) is 18.6 Å². The largest absolute Gasteiger partial charge is 0.493 e. The molecule has 1 aliphatic carbocycles. The number of nitrogens with two attached hydrogens (primary N) is 1. The second-order valence-electron chi connectivity index (χ2n) is 4.12. The molecule has 2 atom stereocenters. The van der Waals surface area contributed by atoms with Gasteiger partial charge in [0.1, 0.15) is 11.6 Å². The van der Waals surface area contributed by atoms with E-state index in [-0.39, 0.29) is 24.3 Å². The van der Waals surface area contributed by atoms with E-state index in [1.165, 1.54) is 18.6 Å². The van der Waals surface area contributed by atoms with Crippen LogP contribution in [0.1, 0.15) is 19.3 Å². The molecular weight excluding hydrogens is 229 g/mol. The molecule has 0 aromatic heterocycles. The van der Waals surface area contributed by atoms with Gasteiger partial charge in [0.25, 0.3) is 0 Å². The van der Waals surface area contributed by atoms with Gasteiger partial charge in [-0.15, -0.1) is 12.4 Å². The van der Waals surface area contributed by atoms with Crippen LogP contribution < -0.4 is 10.5 Å². The van der Waals surface area contributed by atoms with E-state index in [2.05, 4.69) is 0 Å². The van der Waals surface area contributed by atoms with Crippen LogP contribution in [0.3, 0.4) is 0 Å². The van der Waals surface area contributed by atoms with Gasteiger partial charge in [-0.3, -0.25) is 0 Å². The van der Waals surface area contributed by atoms with Crippen molar-refractivity contribution in [2.45, 2.75) is 25.3 Å². The van der Waals surface area contributed by atoms with Gasteiger partial charge in [-0.1, -0.05) is 6.42 Å². The predicted molar refractivity (Wildman–Crippen MR) is 64.5 cm³/mol. The molecule has 1 fully saturated rings. The lowest BCUT2D eigenvalue weighted by Gasteiger charge is -2.15. The zero-order valence-corrected chi connectivity index (χ0v) is 9.88. The third-order valence-corrected chi connectivity index (χ3v) is 3.00. The van der Waals surface area contributed by atoms with Crippen LogP contribution in [-0.2, 0) is 0 Å². The topological polar surface area (TPSA) is 35.2 Å². The minimum Gasteiger partial charge on any atom is -0.493 e. The fourth-order valence-corrected chi connectivity index (χ4v) is 2.01. The number of benzene rings is 1. The maximum Gasteiger partial charge on any atom is 0.123 e. The van der Waals surface area contributed by atoms with Gasteiger partial charge in [-0.25, -0.2) is 4.39 Å². The molecule has 0 heterocycles. The van der Waals surface area contributed by atoms with E-state index in [4.69, 9.17) is 10.5 Å². The Balaban J connectivity index is 0.00000128. The molecule has 0 saturated heterocycles. The van der Waals surface area contributed by atoms with Gasteiger partial charge < -0.3 is 10.5 Å². The first-order chi connectivity index (χ1) is 7.25. The third kappa shape index (κ3) is 3.35. The molecule has 0 bridgehead atoms. The van der Waals surface area contributed by atoms with Crippen LogP contribution in [0.2, 0.25) is 0 Å². The summed E-state index contributed by atoms with van der Waals surface area (Å²) < 4.78 is 18.2. The lowest BCUT2D eigenvalue weighted by atomic mass is 10.1. The van der Waals surface area contributed by atoms with Crippen molar-refractivity contribution in [3.8, 4) is 5.75 Å². The molecule has 1 aromatic rings. The monoisotopic (exact) mass is 245 g/mol. The average molecular weight is 246 g/mol. The van der Waals surface area contributed by atoms with Crippen molar-refractivity contribution in [2.75, 3.05) is 6.61 Å². The van der Waals surface area contributed by atoms with E-state index in [0.29, 0.717) is 12.5 Å². The fraction of sp³-hybridized carbons (Fsp3) is 0.500. The first-order valence-corrected chi connectivity index (χ1v) is 5.39. The summed E-state index contributed by atoms with van der Waals surface area (Å²) in [5.74, 6) is 0.936. The Kier molecular flexibility index (Phi) is 5.03. The van der Waals surface area contributed by atoms with E-state index < -0.39 is 0 Å². The zero-order valence-electron chi connectivity index (χ0n) is 9.06. The number of rotatable bonds is 3. The molecule has 1 aliphatic rings. The van der Waals surface area contributed by atoms with Crippen LogP contribution in [0.5, 0.6) is 5.75 Å². The predicted octanol–water partition coefficient (Wildman–Crippen LogP) is 2.75. The quantitative estimate of drug-likeness (QED) is 0.889. The van der Waals surface area contributed by atoms with E-state index in [1.54, 1.807) is 12.1 Å². The van der Waals surface area contributed by atoms with Crippen LogP contribution in [0.4, 0.5) is 4.39 Å². The SMILES string of the molecule is Cl.NC1CCCC1COc1ccc(F)cc1. The Morgan fingerprint density at radius 1 is 1.25 bits per heavy atom. The first-order valence-electron chi connectivity index (χ1n) is 5.39. The number of hydrogen-bond donors (Lipinski definition) is 1. The minimum absolute atomic E-state index is 0. The lowest BCUT2D eigenvalue weighted by Crippen LogP contribution is -2.28. The maximum atomic E-state index is 12.6. The molecule has 0 aliphatic heterocycles. The van der Waals surface area contributed by atoms with Gasteiger partial charge in [0, 0.05) is 12.0 Å². The van der Waals surface area contributed by atoms with Crippen molar-refractivity contribution >= 4 is 12.4 Å². The standard InChI is InChI=1S/C12H16FNO.ClH/c13-10-4-6-11(7-5-10)15-8-9-2-1-3-12(9)14;/h4-7,9,12H,1-3,8,14H2;1H. The summed E-state index contributed by atoms with van der Waals surface area (Å²) in [6.45, 7) is 0.646. The first kappa shape index (κ1) is 13.3. The minimum atomic E-state index is -0.236. The summed E-state index contributed by atoms with van der Waals surface area (Å²) >= 11 is 0. The van der Waals surface area contributed by atoms with Crippen LogP contribution in [0.25, 0.3) is 0 Å². The molecule has 2 N–H and O–H groups in total. The summed E-state index contributed by atoms with van der Waals surface area (Å²) in [7, 11) is 0. The molecular formula is C12H17ClFNO. The lowest BCUT2D eigenvalue weighted by molar-refractivity contribution is 0.239. The highest BCUT2D eigenvalue weighted by molar-refractivity contribution is 5.85. The van der Waals surface area contributed by atoms with E-state index in [9.17, 15) is 4.39 Å². The van der Waals surface area contributed by atoms with Crippen molar-refractivity contribution in [3.05, 3.63) is 30.1 Å². The molecule has 2 nitrogen and oxygen atoms in total. The smallest absolute Gasteiger partial charge is 0.123 e. The van der Waals surface area contributed by atoms with Gasteiger partial charge in [0.05, 0.1) is 6.61 Å². The molecule has 0 radical (unpaired) electrons. The van der Waals surface area contributed by atoms with Crippen molar-refractivity contribution < 1.29 is 9.13 Å². The third-order valence-electron chi connectivity index (χ3n) is 3.00. The Morgan fingerprint density at radius 3 is 2.50 bits per heavy atom. The molecule has 0 spiro atoms. The summed E-state index contributed by atoms with van der Waals surface area (Å²) in [4.78, 5) is 0. The van der Waals surface area contributed by atoms with Gasteiger partial charge in [0.2, 0.25) is 0 Å². The Morgan fingerprint density at radius 2 is 1.94 bits per heavy atom. The number of hydrogen-bond acceptors (Lipinski definition) is 2. The number of halogens is 2. The van der Waals surface area contributed by atoms with Gasteiger partial charge in [0.15, 0.2) is 0 Å². The Bertz CT molecular complexity index is 317. The van der Waals surface area contributed by atoms with Gasteiger partial charge >= 0.3 is 0 Å². The molecule has 0 amide bonds. The second kappa shape index (κ2) is 6.06. The molecule has 90 valence electrons. The average Bonchev–Trinajstić information content (AvgIpc) is 2.63. The summed E-state index contributed by atoms with van der Waals surface area (Å²) in [5.41, 5.74) is 5.93. The Hall–Kier alpha value is -0.800. The zero-order chi connectivity index (χ0) is 10.7. The van der Waals surface area contributed by atoms with Crippen LogP contribution in [0, 0.1) is 11.7 Å². The van der Waals surface area contributed by atoms with Crippen molar-refractivity contribution in [1.82, 2.24) is 0 Å². The summed E-state index contributed by atoms with van der Waals surface area (Å²) in [6, 6.07) is 6.38. The highest BCUT2D eigenvalue weighted by atomic mass is 35.5. The van der Waals surface area contributed by atoms with Gasteiger partial charge in [-0.2, -0.15) is 0 Å². The highest BCUT2D eigenvalue weighted by Gasteiger charge is 2.24. The maximum absolute atomic E-state index is 12.6. The fourth-order valence-electron chi connectivity index (χ4n) is 2.01. The molecule has 2 unspecified atom stereocenters. The van der Waals surface area contributed by atoms with E-state index >= 15 is 0 Å². The van der Waals surface area contributed by atoms with Crippen LogP contribution >= 0.6 is 12.4 Å². The van der Waals surface area contributed by atoms with Crippen molar-refractivity contribution in [2.24, 2.45) is 11.7 Å². The van der Waals surface area contributed by atoms with Crippen LogP contribution in [0.15, 0.2) is 24.3 Å². The highest BCUT2D eigenvalue weighted by Crippen LogP contribution is 2.24. The summed E-state index contributed by atoms with van der Waals surface area (Å²) in [5, 5.41) is 0. The van der Waals surface area contributed by atoms with Crippen LogP contribution in [-0.4, -0.2) is 12.6 Å². The molecule has 16 heavy (non-hydrogen) atoms. The normalized spacial score (nSPS) is 23.9. The summed E-state index contributed by atoms with van der Waals surface area (Å²) in [6.07, 6.45) is 3.43. The van der Waals surface area contributed by atoms with Crippen molar-refractivity contribution in [1.29, 1.82) is 0 Å². The molecule has 1 aromatic carbocycles.